The van der Waals surface area contributed by atoms with Gasteiger partial charge in [0.2, 0.25) is 5.95 Å². The van der Waals surface area contributed by atoms with Crippen LogP contribution in [0.5, 0.6) is 0 Å². The molecule has 1 saturated carbocycles. The molecule has 0 amide bonds. The van der Waals surface area contributed by atoms with Crippen LogP contribution in [0.2, 0.25) is 0 Å². The summed E-state index contributed by atoms with van der Waals surface area (Å²) in [6.07, 6.45) is 7.72. The third-order valence-electron chi connectivity index (χ3n) is 5.00. The van der Waals surface area contributed by atoms with Gasteiger partial charge in [-0.1, -0.05) is 12.8 Å². The van der Waals surface area contributed by atoms with Gasteiger partial charge in [0.05, 0.1) is 23.6 Å². The lowest BCUT2D eigenvalue weighted by molar-refractivity contribution is -0.0507. The fourth-order valence-electron chi connectivity index (χ4n) is 3.72. The lowest BCUT2D eigenvalue weighted by Gasteiger charge is -2.41. The highest BCUT2D eigenvalue weighted by Crippen LogP contribution is 2.36. The molecule has 1 aliphatic heterocycles. The van der Waals surface area contributed by atoms with E-state index >= 15 is 0 Å². The summed E-state index contributed by atoms with van der Waals surface area (Å²) >= 11 is 0. The van der Waals surface area contributed by atoms with Gasteiger partial charge in [0.1, 0.15) is 6.33 Å². The van der Waals surface area contributed by atoms with Crippen molar-refractivity contribution in [3.8, 4) is 11.4 Å². The van der Waals surface area contributed by atoms with E-state index in [0.717, 1.165) is 25.9 Å². The van der Waals surface area contributed by atoms with Gasteiger partial charge in [-0.25, -0.2) is 15.0 Å². The van der Waals surface area contributed by atoms with E-state index in [1.54, 1.807) is 23.9 Å². The first-order valence-corrected chi connectivity index (χ1v) is 8.40. The van der Waals surface area contributed by atoms with Gasteiger partial charge < -0.3 is 9.64 Å². The molecule has 126 valence electrons. The Morgan fingerprint density at radius 1 is 1.25 bits per heavy atom. The predicted octanol–water partition coefficient (Wildman–Crippen LogP) is 1.39. The third-order valence-corrected chi connectivity index (χ3v) is 5.00. The molecule has 7 nitrogen and oxygen atoms in total. The molecule has 2 aromatic heterocycles. The summed E-state index contributed by atoms with van der Waals surface area (Å²) < 4.78 is 7.70. The largest absolute Gasteiger partial charge is 0.371 e. The number of rotatable bonds is 2. The van der Waals surface area contributed by atoms with Crippen LogP contribution in [0.4, 0.5) is 5.95 Å². The molecule has 4 rings (SSSR count). The van der Waals surface area contributed by atoms with Crippen LogP contribution < -0.4 is 10.5 Å². The lowest BCUT2D eigenvalue weighted by atomic mass is 10.00. The highest BCUT2D eigenvalue weighted by molar-refractivity contribution is 5.55. The second-order valence-corrected chi connectivity index (χ2v) is 6.59. The summed E-state index contributed by atoms with van der Waals surface area (Å²) in [4.78, 5) is 27.5. The van der Waals surface area contributed by atoms with E-state index in [2.05, 4.69) is 14.9 Å². The molecule has 7 heteroatoms. The Labute approximate surface area is 140 Å². The molecule has 1 aliphatic carbocycles. The van der Waals surface area contributed by atoms with E-state index in [4.69, 9.17) is 9.72 Å². The first-order chi connectivity index (χ1) is 11.7. The molecular weight excluding hydrogens is 306 g/mol. The monoisotopic (exact) mass is 327 g/mol. The van der Waals surface area contributed by atoms with Crippen LogP contribution >= 0.6 is 0 Å². The maximum Gasteiger partial charge on any atom is 0.255 e. The third kappa shape index (κ3) is 2.69. The highest BCUT2D eigenvalue weighted by atomic mass is 16.5. The molecule has 24 heavy (non-hydrogen) atoms. The van der Waals surface area contributed by atoms with E-state index in [9.17, 15) is 4.79 Å². The Hall–Kier alpha value is -2.28. The second kappa shape index (κ2) is 5.98. The minimum absolute atomic E-state index is 0.0686. The number of anilines is 1. The number of hydrogen-bond donors (Lipinski definition) is 0. The van der Waals surface area contributed by atoms with E-state index in [-0.39, 0.29) is 11.2 Å². The van der Waals surface area contributed by atoms with Crippen LogP contribution in [-0.2, 0) is 11.8 Å². The van der Waals surface area contributed by atoms with Crippen LogP contribution in [0.1, 0.15) is 25.7 Å². The van der Waals surface area contributed by atoms with E-state index < -0.39 is 0 Å². The van der Waals surface area contributed by atoms with Crippen molar-refractivity contribution in [1.29, 1.82) is 0 Å². The molecule has 2 fully saturated rings. The number of nitrogens with zero attached hydrogens (tertiary/aromatic N) is 5. The topological polar surface area (TPSA) is 73.1 Å². The fraction of sp³-hybridized carbons (Fsp3) is 0.529. The van der Waals surface area contributed by atoms with Crippen molar-refractivity contribution in [2.24, 2.45) is 7.05 Å². The SMILES string of the molecule is Cn1c(N2CCOC3(CCCC3)C2)nc(-c2ccncn2)cc1=O. The Kier molecular flexibility index (Phi) is 3.80. The van der Waals surface area contributed by atoms with Crippen LogP contribution in [0.25, 0.3) is 11.4 Å². The molecule has 0 bridgehead atoms. The van der Waals surface area contributed by atoms with Crippen LogP contribution in [-0.4, -0.2) is 44.8 Å². The standard InChI is InChI=1S/C17H21N5O2/c1-21-15(23)10-14(13-4-7-18-12-19-13)20-16(21)22-8-9-24-17(11-22)5-2-3-6-17/h4,7,10,12H,2-3,5-6,8-9,11H2,1H3. The average Bonchev–Trinajstić information content (AvgIpc) is 3.05. The highest BCUT2D eigenvalue weighted by Gasteiger charge is 2.40. The molecule has 2 aliphatic rings. The van der Waals surface area contributed by atoms with Crippen LogP contribution in [0.15, 0.2) is 29.5 Å². The molecular formula is C17H21N5O2. The summed E-state index contributed by atoms with van der Waals surface area (Å²) in [5.41, 5.74) is 1.09. The summed E-state index contributed by atoms with van der Waals surface area (Å²) in [7, 11) is 1.77. The molecule has 1 spiro atoms. The van der Waals surface area contributed by atoms with Gasteiger partial charge in [0.15, 0.2) is 0 Å². The van der Waals surface area contributed by atoms with Crippen molar-refractivity contribution in [3.63, 3.8) is 0 Å². The van der Waals surface area contributed by atoms with Crippen LogP contribution in [0.3, 0.4) is 0 Å². The van der Waals surface area contributed by atoms with Crippen molar-refractivity contribution in [2.45, 2.75) is 31.3 Å². The van der Waals surface area contributed by atoms with Crippen molar-refractivity contribution in [3.05, 3.63) is 35.0 Å². The average molecular weight is 327 g/mol. The molecule has 3 heterocycles. The van der Waals surface area contributed by atoms with Gasteiger partial charge >= 0.3 is 0 Å². The summed E-state index contributed by atoms with van der Waals surface area (Å²) in [6.45, 7) is 2.21. The normalized spacial score (nSPS) is 19.8. The molecule has 2 aromatic rings. The van der Waals surface area contributed by atoms with Gasteiger partial charge in [-0.2, -0.15) is 0 Å². The zero-order chi connectivity index (χ0) is 16.6. The van der Waals surface area contributed by atoms with Crippen molar-refractivity contribution in [1.82, 2.24) is 19.5 Å². The number of ether oxygens (including phenoxy) is 1. The molecule has 0 N–H and O–H groups in total. The van der Waals surface area contributed by atoms with E-state index in [0.29, 0.717) is 23.9 Å². The number of hydrogen-bond acceptors (Lipinski definition) is 6. The second-order valence-electron chi connectivity index (χ2n) is 6.59. The quantitative estimate of drug-likeness (QED) is 0.830. The Bertz CT molecular complexity index is 783. The van der Waals surface area contributed by atoms with Gasteiger partial charge in [-0.15, -0.1) is 0 Å². The predicted molar refractivity (Wildman–Crippen MR) is 89.9 cm³/mol. The van der Waals surface area contributed by atoms with Gasteiger partial charge in [0.25, 0.3) is 5.56 Å². The number of aromatic nitrogens is 4. The fourth-order valence-corrected chi connectivity index (χ4v) is 3.72. The maximum absolute atomic E-state index is 12.4. The Morgan fingerprint density at radius 3 is 2.83 bits per heavy atom. The van der Waals surface area contributed by atoms with Gasteiger partial charge in [-0.3, -0.25) is 9.36 Å². The van der Waals surface area contributed by atoms with Gasteiger partial charge in [-0.05, 0) is 18.9 Å². The number of morpholine rings is 1. The van der Waals surface area contributed by atoms with Crippen molar-refractivity contribution in [2.75, 3.05) is 24.6 Å². The summed E-state index contributed by atoms with van der Waals surface area (Å²) in [5.74, 6) is 0.686. The maximum atomic E-state index is 12.4. The van der Waals surface area contributed by atoms with E-state index in [1.165, 1.54) is 25.2 Å². The first-order valence-electron chi connectivity index (χ1n) is 8.40. The first kappa shape index (κ1) is 15.3. The summed E-state index contributed by atoms with van der Waals surface area (Å²) in [6, 6.07) is 3.29. The molecule has 0 aromatic carbocycles. The van der Waals surface area contributed by atoms with Crippen molar-refractivity contribution >= 4 is 5.95 Å². The lowest BCUT2D eigenvalue weighted by Crippen LogP contribution is -2.51. The summed E-state index contributed by atoms with van der Waals surface area (Å²) in [5, 5.41) is 0. The molecule has 1 saturated heterocycles. The zero-order valence-electron chi connectivity index (χ0n) is 13.8. The van der Waals surface area contributed by atoms with Gasteiger partial charge in [0, 0.05) is 32.4 Å². The Balaban J connectivity index is 1.72. The molecule has 0 unspecified atom stereocenters. The van der Waals surface area contributed by atoms with E-state index in [1.807, 2.05) is 0 Å². The van der Waals surface area contributed by atoms with Crippen molar-refractivity contribution < 1.29 is 4.74 Å². The smallest absolute Gasteiger partial charge is 0.255 e. The van der Waals surface area contributed by atoms with Crippen LogP contribution in [0, 0.1) is 0 Å². The molecule has 0 radical (unpaired) electrons. The zero-order valence-corrected chi connectivity index (χ0v) is 13.8. The Morgan fingerprint density at radius 2 is 2.08 bits per heavy atom. The molecule has 0 atom stereocenters. The minimum Gasteiger partial charge on any atom is -0.371 e. The minimum atomic E-state index is -0.0828.